The van der Waals surface area contributed by atoms with Crippen LogP contribution >= 0.6 is 0 Å². The number of rotatable bonds is 4. The molecule has 0 aliphatic carbocycles. The van der Waals surface area contributed by atoms with Crippen LogP contribution in [0.25, 0.3) is 0 Å². The molecule has 0 spiro atoms. The lowest BCUT2D eigenvalue weighted by Crippen LogP contribution is -2.40. The van der Waals surface area contributed by atoms with Crippen molar-refractivity contribution in [3.05, 3.63) is 65.2 Å². The maximum absolute atomic E-state index is 12.5. The van der Waals surface area contributed by atoms with E-state index in [0.29, 0.717) is 25.1 Å². The largest absolute Gasteiger partial charge is 0.349 e. The topological polar surface area (TPSA) is 66.5 Å². The minimum absolute atomic E-state index is 0.0538. The first kappa shape index (κ1) is 17.5. The van der Waals surface area contributed by atoms with E-state index in [2.05, 4.69) is 5.32 Å². The average molecular weight is 358 g/mol. The van der Waals surface area contributed by atoms with Gasteiger partial charge in [0.05, 0.1) is 24.4 Å². The SMILES string of the molecule is Cc1ccccc1CC(=O)NC1CCN(S(C)(=O)=O)c2ccccc21. The Morgan fingerprint density at radius 2 is 1.84 bits per heavy atom. The molecule has 1 aliphatic rings. The van der Waals surface area contributed by atoms with Crippen LogP contribution < -0.4 is 9.62 Å². The van der Waals surface area contributed by atoms with Crippen LogP contribution in [0.1, 0.15) is 29.2 Å². The van der Waals surface area contributed by atoms with Gasteiger partial charge in [0.15, 0.2) is 0 Å². The van der Waals surface area contributed by atoms with Gasteiger partial charge in [0.2, 0.25) is 15.9 Å². The van der Waals surface area contributed by atoms with Crippen molar-refractivity contribution < 1.29 is 13.2 Å². The molecule has 1 N–H and O–H groups in total. The van der Waals surface area contributed by atoms with Gasteiger partial charge in [-0.15, -0.1) is 0 Å². The number of sulfonamides is 1. The molecule has 0 fully saturated rings. The van der Waals surface area contributed by atoms with Crippen molar-refractivity contribution >= 4 is 21.6 Å². The van der Waals surface area contributed by atoms with Gasteiger partial charge >= 0.3 is 0 Å². The number of nitrogens with zero attached hydrogens (tertiary/aromatic N) is 1. The number of para-hydroxylation sites is 1. The fourth-order valence-corrected chi connectivity index (χ4v) is 4.21. The lowest BCUT2D eigenvalue weighted by molar-refractivity contribution is -0.121. The van der Waals surface area contributed by atoms with Gasteiger partial charge in [-0.25, -0.2) is 8.42 Å². The van der Waals surface area contributed by atoms with E-state index in [-0.39, 0.29) is 11.9 Å². The first-order chi connectivity index (χ1) is 11.9. The predicted octanol–water partition coefficient (Wildman–Crippen LogP) is 2.56. The number of nitrogens with one attached hydrogen (secondary N) is 1. The van der Waals surface area contributed by atoms with E-state index in [1.165, 1.54) is 10.6 Å². The molecule has 5 nitrogen and oxygen atoms in total. The van der Waals surface area contributed by atoms with Crippen molar-refractivity contribution in [2.45, 2.75) is 25.8 Å². The Morgan fingerprint density at radius 1 is 1.16 bits per heavy atom. The standard InChI is InChI=1S/C19H22N2O3S/c1-14-7-3-4-8-15(14)13-19(22)20-17-11-12-21(25(2,23)24)18-10-6-5-9-16(17)18/h3-10,17H,11-13H2,1-2H3,(H,20,22). The number of benzene rings is 2. The molecule has 0 saturated heterocycles. The lowest BCUT2D eigenvalue weighted by Gasteiger charge is -2.34. The fraction of sp³-hybridized carbons (Fsp3) is 0.316. The first-order valence-electron chi connectivity index (χ1n) is 8.27. The van der Waals surface area contributed by atoms with E-state index in [0.717, 1.165) is 16.7 Å². The number of amides is 1. The number of anilines is 1. The Morgan fingerprint density at radius 3 is 2.56 bits per heavy atom. The summed E-state index contributed by atoms with van der Waals surface area (Å²) < 4.78 is 25.4. The predicted molar refractivity (Wildman–Crippen MR) is 99.0 cm³/mol. The smallest absolute Gasteiger partial charge is 0.232 e. The number of fused-ring (bicyclic) bond motifs is 1. The van der Waals surface area contributed by atoms with Crippen molar-refractivity contribution in [2.75, 3.05) is 17.1 Å². The zero-order valence-corrected chi connectivity index (χ0v) is 15.2. The van der Waals surface area contributed by atoms with Crippen LogP contribution in [0.5, 0.6) is 0 Å². The summed E-state index contributed by atoms with van der Waals surface area (Å²) in [6.07, 6.45) is 2.09. The van der Waals surface area contributed by atoms with Crippen molar-refractivity contribution in [1.29, 1.82) is 0 Å². The summed E-state index contributed by atoms with van der Waals surface area (Å²) in [6, 6.07) is 15.0. The van der Waals surface area contributed by atoms with Gasteiger partial charge in [-0.3, -0.25) is 9.10 Å². The second-order valence-corrected chi connectivity index (χ2v) is 8.31. The molecule has 0 saturated carbocycles. The zero-order chi connectivity index (χ0) is 18.0. The van der Waals surface area contributed by atoms with E-state index >= 15 is 0 Å². The Labute approximate surface area is 148 Å². The Kier molecular flexibility index (Phi) is 4.81. The summed E-state index contributed by atoms with van der Waals surface area (Å²) >= 11 is 0. The molecule has 1 unspecified atom stereocenters. The van der Waals surface area contributed by atoms with E-state index < -0.39 is 10.0 Å². The van der Waals surface area contributed by atoms with E-state index in [9.17, 15) is 13.2 Å². The van der Waals surface area contributed by atoms with Crippen LogP contribution in [0.3, 0.4) is 0 Å². The van der Waals surface area contributed by atoms with Gasteiger partial charge in [-0.2, -0.15) is 0 Å². The fourth-order valence-electron chi connectivity index (χ4n) is 3.25. The molecule has 1 amide bonds. The highest BCUT2D eigenvalue weighted by atomic mass is 32.2. The third-order valence-electron chi connectivity index (χ3n) is 4.55. The normalized spacial score (nSPS) is 17.0. The molecule has 132 valence electrons. The van der Waals surface area contributed by atoms with Crippen molar-refractivity contribution in [2.24, 2.45) is 0 Å². The van der Waals surface area contributed by atoms with Gasteiger partial charge in [0.1, 0.15) is 0 Å². The Bertz CT molecular complexity index is 893. The Hall–Kier alpha value is -2.34. The quantitative estimate of drug-likeness (QED) is 0.913. The van der Waals surface area contributed by atoms with Crippen LogP contribution in [0.15, 0.2) is 48.5 Å². The molecule has 6 heteroatoms. The van der Waals surface area contributed by atoms with Gasteiger partial charge < -0.3 is 5.32 Å². The number of hydrogen-bond acceptors (Lipinski definition) is 3. The molecular weight excluding hydrogens is 336 g/mol. The molecule has 1 aliphatic heterocycles. The number of hydrogen-bond donors (Lipinski definition) is 1. The van der Waals surface area contributed by atoms with Crippen LogP contribution in [0, 0.1) is 6.92 Å². The van der Waals surface area contributed by atoms with Gasteiger partial charge in [-0.05, 0) is 36.1 Å². The van der Waals surface area contributed by atoms with E-state index in [1.54, 1.807) is 6.07 Å². The van der Waals surface area contributed by atoms with Gasteiger partial charge in [0, 0.05) is 6.54 Å². The molecule has 25 heavy (non-hydrogen) atoms. The number of aryl methyl sites for hydroxylation is 1. The average Bonchev–Trinajstić information content (AvgIpc) is 2.56. The summed E-state index contributed by atoms with van der Waals surface area (Å²) in [7, 11) is -3.32. The van der Waals surface area contributed by atoms with E-state index in [1.807, 2.05) is 49.4 Å². The summed E-state index contributed by atoms with van der Waals surface area (Å²) in [5.41, 5.74) is 3.58. The molecule has 2 aromatic carbocycles. The van der Waals surface area contributed by atoms with Gasteiger partial charge in [0.25, 0.3) is 0 Å². The highest BCUT2D eigenvalue weighted by Crippen LogP contribution is 2.35. The number of carbonyl (C=O) groups is 1. The second kappa shape index (κ2) is 6.88. The number of carbonyl (C=O) groups excluding carboxylic acids is 1. The molecule has 3 rings (SSSR count). The van der Waals surface area contributed by atoms with Crippen molar-refractivity contribution in [1.82, 2.24) is 5.32 Å². The minimum atomic E-state index is -3.32. The second-order valence-electron chi connectivity index (χ2n) is 6.41. The minimum Gasteiger partial charge on any atom is -0.349 e. The maximum Gasteiger partial charge on any atom is 0.232 e. The maximum atomic E-state index is 12.5. The summed E-state index contributed by atoms with van der Waals surface area (Å²) in [5, 5.41) is 3.06. The molecule has 0 radical (unpaired) electrons. The summed E-state index contributed by atoms with van der Waals surface area (Å²) in [6.45, 7) is 2.35. The first-order valence-corrected chi connectivity index (χ1v) is 10.1. The van der Waals surface area contributed by atoms with E-state index in [4.69, 9.17) is 0 Å². The zero-order valence-electron chi connectivity index (χ0n) is 14.4. The highest BCUT2D eigenvalue weighted by molar-refractivity contribution is 7.92. The molecule has 0 aromatic heterocycles. The Balaban J connectivity index is 1.79. The third kappa shape index (κ3) is 3.85. The highest BCUT2D eigenvalue weighted by Gasteiger charge is 2.30. The molecular formula is C19H22N2O3S. The monoisotopic (exact) mass is 358 g/mol. The van der Waals surface area contributed by atoms with Crippen LogP contribution in [-0.2, 0) is 21.2 Å². The van der Waals surface area contributed by atoms with Crippen LogP contribution in [0.2, 0.25) is 0 Å². The van der Waals surface area contributed by atoms with Crippen molar-refractivity contribution in [3.8, 4) is 0 Å². The summed E-state index contributed by atoms with van der Waals surface area (Å²) in [5.74, 6) is -0.0538. The molecule has 0 bridgehead atoms. The molecule has 1 atom stereocenters. The molecule has 1 heterocycles. The lowest BCUT2D eigenvalue weighted by atomic mass is 9.97. The molecule has 2 aromatic rings. The van der Waals surface area contributed by atoms with Crippen molar-refractivity contribution in [3.63, 3.8) is 0 Å². The van der Waals surface area contributed by atoms with Crippen LogP contribution in [-0.4, -0.2) is 27.1 Å². The van der Waals surface area contributed by atoms with Gasteiger partial charge in [-0.1, -0.05) is 42.5 Å². The third-order valence-corrected chi connectivity index (χ3v) is 5.73. The van der Waals surface area contributed by atoms with Crippen LogP contribution in [0.4, 0.5) is 5.69 Å². The summed E-state index contributed by atoms with van der Waals surface area (Å²) in [4.78, 5) is 12.5.